The third kappa shape index (κ3) is 5.72. The summed E-state index contributed by atoms with van der Waals surface area (Å²) in [4.78, 5) is 21.5. The zero-order chi connectivity index (χ0) is 28.6. The number of rotatable bonds is 9. The van der Waals surface area contributed by atoms with Crippen molar-refractivity contribution in [3.63, 3.8) is 0 Å². The predicted octanol–water partition coefficient (Wildman–Crippen LogP) is 5.12. The SMILES string of the molecule is O=C(O)c1c2c(nn1CCCNS(=O)(=O)Cc1ccc(Cl)cc1)-c1cc(-c3cnc4ccccc4c3)ncc1CC2. The van der Waals surface area contributed by atoms with Crippen LogP contribution >= 0.6 is 11.6 Å². The standard InChI is InChI=1S/C30H26ClN5O4S/c31-23-9-6-19(7-10-23)18-41(39,40)34-12-3-13-36-29(30(37)38)24-11-8-21-16-33-27(15-25(21)28(24)35-36)22-14-20-4-1-2-5-26(20)32-17-22/h1-2,4-7,9-10,14-17,34H,3,8,11-13,18H2,(H,37,38). The molecule has 0 atom stereocenters. The molecule has 2 aromatic carbocycles. The molecule has 0 saturated heterocycles. The number of hydrogen-bond donors (Lipinski definition) is 2. The Labute approximate surface area is 241 Å². The monoisotopic (exact) mass is 587 g/mol. The molecule has 6 rings (SSSR count). The second-order valence-corrected chi connectivity index (χ2v) is 12.2. The second-order valence-electron chi connectivity index (χ2n) is 9.98. The van der Waals surface area contributed by atoms with Gasteiger partial charge in [-0.2, -0.15) is 5.10 Å². The molecule has 2 N–H and O–H groups in total. The lowest BCUT2D eigenvalue weighted by atomic mass is 9.89. The van der Waals surface area contributed by atoms with Gasteiger partial charge in [-0.15, -0.1) is 0 Å². The largest absolute Gasteiger partial charge is 0.477 e. The molecule has 0 radical (unpaired) electrons. The van der Waals surface area contributed by atoms with E-state index in [1.165, 1.54) is 4.68 Å². The van der Waals surface area contributed by atoms with Crippen LogP contribution in [0.3, 0.4) is 0 Å². The van der Waals surface area contributed by atoms with Gasteiger partial charge in [-0.05, 0) is 60.7 Å². The maximum Gasteiger partial charge on any atom is 0.354 e. The van der Waals surface area contributed by atoms with Crippen LogP contribution in [0.2, 0.25) is 5.02 Å². The lowest BCUT2D eigenvalue weighted by Gasteiger charge is -2.16. The molecule has 11 heteroatoms. The molecule has 0 unspecified atom stereocenters. The summed E-state index contributed by atoms with van der Waals surface area (Å²) < 4.78 is 29.1. The number of aromatic carboxylic acids is 1. The summed E-state index contributed by atoms with van der Waals surface area (Å²) in [7, 11) is -3.57. The van der Waals surface area contributed by atoms with E-state index in [0.717, 1.165) is 33.3 Å². The zero-order valence-corrected chi connectivity index (χ0v) is 23.5. The number of carboxylic acids is 1. The normalized spacial score (nSPS) is 12.7. The maximum atomic E-state index is 12.5. The van der Waals surface area contributed by atoms with Crippen LogP contribution in [0.1, 0.15) is 33.6 Å². The minimum Gasteiger partial charge on any atom is -0.477 e. The summed E-state index contributed by atoms with van der Waals surface area (Å²) >= 11 is 5.88. The Bertz CT molecular complexity index is 1890. The van der Waals surface area contributed by atoms with Gasteiger partial charge in [-0.25, -0.2) is 17.9 Å². The number of para-hydroxylation sites is 1. The van der Waals surface area contributed by atoms with Crippen molar-refractivity contribution in [1.29, 1.82) is 0 Å². The Morgan fingerprint density at radius 1 is 1.02 bits per heavy atom. The van der Waals surface area contributed by atoms with Crippen LogP contribution < -0.4 is 4.72 Å². The first-order valence-corrected chi connectivity index (χ1v) is 15.2. The number of aryl methyl sites for hydroxylation is 2. The van der Waals surface area contributed by atoms with Gasteiger partial charge in [0.05, 0.1) is 22.7 Å². The molecule has 0 fully saturated rings. The number of fused-ring (bicyclic) bond motifs is 4. The Morgan fingerprint density at radius 2 is 1.83 bits per heavy atom. The van der Waals surface area contributed by atoms with Gasteiger partial charge in [0, 0.05) is 52.6 Å². The highest BCUT2D eigenvalue weighted by atomic mass is 35.5. The van der Waals surface area contributed by atoms with Crippen molar-refractivity contribution in [3.8, 4) is 22.5 Å². The van der Waals surface area contributed by atoms with Gasteiger partial charge in [-0.3, -0.25) is 14.6 Å². The molecule has 3 heterocycles. The van der Waals surface area contributed by atoms with Gasteiger partial charge in [-0.1, -0.05) is 41.9 Å². The molecular formula is C30H26ClN5O4S. The number of carbonyl (C=O) groups is 1. The number of pyridine rings is 2. The number of benzene rings is 2. The summed E-state index contributed by atoms with van der Waals surface area (Å²) in [5.41, 5.74) is 6.43. The molecule has 9 nitrogen and oxygen atoms in total. The van der Waals surface area contributed by atoms with E-state index in [1.807, 2.05) is 42.6 Å². The van der Waals surface area contributed by atoms with E-state index in [2.05, 4.69) is 14.7 Å². The molecule has 0 bridgehead atoms. The fourth-order valence-electron chi connectivity index (χ4n) is 5.19. The Hall–Kier alpha value is -4.12. The molecule has 0 saturated carbocycles. The van der Waals surface area contributed by atoms with Crippen molar-refractivity contribution in [1.82, 2.24) is 24.5 Å². The van der Waals surface area contributed by atoms with Crippen molar-refractivity contribution in [2.45, 2.75) is 31.6 Å². The van der Waals surface area contributed by atoms with Crippen LogP contribution in [-0.4, -0.2) is 45.8 Å². The second kappa shape index (κ2) is 11.0. The van der Waals surface area contributed by atoms with Crippen LogP contribution in [0.5, 0.6) is 0 Å². The smallest absolute Gasteiger partial charge is 0.354 e. The van der Waals surface area contributed by atoms with Gasteiger partial charge in [0.25, 0.3) is 0 Å². The topological polar surface area (TPSA) is 127 Å². The third-order valence-electron chi connectivity index (χ3n) is 7.16. The molecule has 0 spiro atoms. The molecule has 1 aliphatic carbocycles. The average molecular weight is 588 g/mol. The Morgan fingerprint density at radius 3 is 2.63 bits per heavy atom. The fraction of sp³-hybridized carbons (Fsp3) is 0.200. The summed E-state index contributed by atoms with van der Waals surface area (Å²) in [5, 5.41) is 16.3. The lowest BCUT2D eigenvalue weighted by Crippen LogP contribution is -2.27. The molecule has 0 amide bonds. The van der Waals surface area contributed by atoms with Crippen LogP contribution in [0.4, 0.5) is 0 Å². The summed E-state index contributed by atoms with van der Waals surface area (Å²) in [6.07, 6.45) is 5.18. The molecule has 1 aliphatic rings. The highest BCUT2D eigenvalue weighted by molar-refractivity contribution is 7.88. The number of hydrogen-bond acceptors (Lipinski definition) is 6. The zero-order valence-electron chi connectivity index (χ0n) is 21.9. The third-order valence-corrected chi connectivity index (χ3v) is 8.77. The number of halogens is 1. The summed E-state index contributed by atoms with van der Waals surface area (Å²) in [6.45, 7) is 0.402. The highest BCUT2D eigenvalue weighted by Gasteiger charge is 2.28. The van der Waals surface area contributed by atoms with E-state index < -0.39 is 16.0 Å². The summed E-state index contributed by atoms with van der Waals surface area (Å²) in [6, 6.07) is 18.5. The first kappa shape index (κ1) is 27.1. The van der Waals surface area contributed by atoms with E-state index in [-0.39, 0.29) is 24.5 Å². The van der Waals surface area contributed by atoms with E-state index in [1.54, 1.807) is 30.5 Å². The van der Waals surface area contributed by atoms with Crippen molar-refractivity contribution in [2.75, 3.05) is 6.54 Å². The quantitative estimate of drug-likeness (QED) is 0.229. The van der Waals surface area contributed by atoms with E-state index in [0.29, 0.717) is 41.1 Å². The van der Waals surface area contributed by atoms with Crippen LogP contribution in [-0.2, 0) is 35.2 Å². The van der Waals surface area contributed by atoms with Crippen molar-refractivity contribution in [3.05, 3.63) is 100 Å². The highest BCUT2D eigenvalue weighted by Crippen LogP contribution is 2.36. The maximum absolute atomic E-state index is 12.5. The molecular weight excluding hydrogens is 562 g/mol. The number of nitrogens with zero attached hydrogens (tertiary/aromatic N) is 4. The van der Waals surface area contributed by atoms with Crippen molar-refractivity contribution >= 4 is 38.5 Å². The van der Waals surface area contributed by atoms with E-state index >= 15 is 0 Å². The molecule has 208 valence electrons. The molecule has 41 heavy (non-hydrogen) atoms. The minimum absolute atomic E-state index is 0.139. The van der Waals surface area contributed by atoms with E-state index in [4.69, 9.17) is 16.7 Å². The Kier molecular flexibility index (Phi) is 7.29. The number of aromatic nitrogens is 4. The van der Waals surface area contributed by atoms with Crippen molar-refractivity contribution < 1.29 is 18.3 Å². The fourth-order valence-corrected chi connectivity index (χ4v) is 6.51. The lowest BCUT2D eigenvalue weighted by molar-refractivity contribution is 0.0681. The average Bonchev–Trinajstić information content (AvgIpc) is 3.35. The minimum atomic E-state index is -3.57. The first-order chi connectivity index (χ1) is 19.8. The van der Waals surface area contributed by atoms with E-state index in [9.17, 15) is 18.3 Å². The first-order valence-electron chi connectivity index (χ1n) is 13.2. The van der Waals surface area contributed by atoms with Gasteiger partial charge >= 0.3 is 5.97 Å². The molecule has 3 aromatic heterocycles. The number of carboxylic acid groups (broad SMARTS) is 1. The number of nitrogens with one attached hydrogen (secondary N) is 1. The summed E-state index contributed by atoms with van der Waals surface area (Å²) in [5.74, 6) is -1.22. The van der Waals surface area contributed by atoms with Crippen LogP contribution in [0, 0.1) is 0 Å². The number of sulfonamides is 1. The van der Waals surface area contributed by atoms with Gasteiger partial charge in [0.15, 0.2) is 0 Å². The van der Waals surface area contributed by atoms with Gasteiger partial charge in [0.2, 0.25) is 10.0 Å². The van der Waals surface area contributed by atoms with Gasteiger partial charge in [0.1, 0.15) is 5.69 Å². The molecule has 0 aliphatic heterocycles. The molecule has 5 aromatic rings. The van der Waals surface area contributed by atoms with Crippen LogP contribution in [0.25, 0.3) is 33.4 Å². The van der Waals surface area contributed by atoms with Crippen molar-refractivity contribution in [2.24, 2.45) is 0 Å². The van der Waals surface area contributed by atoms with Gasteiger partial charge < -0.3 is 5.11 Å². The van der Waals surface area contributed by atoms with Crippen LogP contribution in [0.15, 0.2) is 73.1 Å². The predicted molar refractivity (Wildman–Crippen MR) is 157 cm³/mol. The Balaban J connectivity index is 1.22.